The summed E-state index contributed by atoms with van der Waals surface area (Å²) >= 11 is 9.02. The summed E-state index contributed by atoms with van der Waals surface area (Å²) in [7, 11) is 0. The Labute approximate surface area is 88.6 Å². The molecule has 0 bridgehead atoms. The first kappa shape index (κ1) is 10.3. The SMILES string of the molecule is CC(C)(C#N)c1cccn1C(=S)S. The van der Waals surface area contributed by atoms with E-state index in [1.165, 1.54) is 0 Å². The van der Waals surface area contributed by atoms with Gasteiger partial charge in [-0.1, -0.05) is 12.2 Å². The van der Waals surface area contributed by atoms with E-state index in [-0.39, 0.29) is 0 Å². The molecule has 13 heavy (non-hydrogen) atoms. The monoisotopic (exact) mass is 210 g/mol. The summed E-state index contributed by atoms with van der Waals surface area (Å²) in [4.78, 5) is 0. The van der Waals surface area contributed by atoms with E-state index in [9.17, 15) is 0 Å². The van der Waals surface area contributed by atoms with Gasteiger partial charge in [0.05, 0.1) is 11.5 Å². The zero-order chi connectivity index (χ0) is 10.1. The molecule has 1 aromatic rings. The standard InChI is InChI=1S/C9H10N2S2/c1-9(2,6-10)7-4-3-5-11(7)8(12)13/h3-5H,1-2H3,(H,12,13). The van der Waals surface area contributed by atoms with Gasteiger partial charge in [-0.25, -0.2) is 0 Å². The predicted molar refractivity (Wildman–Crippen MR) is 60.1 cm³/mol. The molecule has 0 aliphatic heterocycles. The van der Waals surface area contributed by atoms with Crippen molar-refractivity contribution in [3.63, 3.8) is 0 Å². The molecular weight excluding hydrogens is 200 g/mol. The first-order valence-electron chi connectivity index (χ1n) is 3.81. The highest BCUT2D eigenvalue weighted by atomic mass is 32.1. The molecule has 0 saturated carbocycles. The minimum Gasteiger partial charge on any atom is -0.305 e. The lowest BCUT2D eigenvalue weighted by atomic mass is 9.91. The maximum atomic E-state index is 8.94. The summed E-state index contributed by atoms with van der Waals surface area (Å²) in [6.07, 6.45) is 1.81. The molecule has 68 valence electrons. The van der Waals surface area contributed by atoms with Crippen LogP contribution in [0.1, 0.15) is 19.5 Å². The van der Waals surface area contributed by atoms with Crippen molar-refractivity contribution in [1.82, 2.24) is 4.57 Å². The minimum atomic E-state index is -0.531. The Balaban J connectivity index is 3.24. The zero-order valence-corrected chi connectivity index (χ0v) is 9.19. The number of hydrogen-bond acceptors (Lipinski definition) is 2. The topological polar surface area (TPSA) is 28.7 Å². The molecule has 0 aliphatic rings. The van der Waals surface area contributed by atoms with Crippen LogP contribution in [0.5, 0.6) is 0 Å². The molecule has 0 aromatic carbocycles. The number of hydrogen-bond donors (Lipinski definition) is 1. The van der Waals surface area contributed by atoms with Gasteiger partial charge in [-0.3, -0.25) is 0 Å². The van der Waals surface area contributed by atoms with E-state index in [2.05, 4.69) is 18.7 Å². The van der Waals surface area contributed by atoms with Gasteiger partial charge in [0.2, 0.25) is 0 Å². The van der Waals surface area contributed by atoms with E-state index in [0.717, 1.165) is 5.69 Å². The fourth-order valence-electron chi connectivity index (χ4n) is 1.11. The van der Waals surface area contributed by atoms with Crippen LogP contribution in [0, 0.1) is 11.3 Å². The maximum Gasteiger partial charge on any atom is 0.141 e. The molecule has 2 nitrogen and oxygen atoms in total. The molecule has 0 amide bonds. The Bertz CT molecular complexity index is 371. The number of nitriles is 1. The molecule has 0 atom stereocenters. The third kappa shape index (κ3) is 1.93. The summed E-state index contributed by atoms with van der Waals surface area (Å²) in [6, 6.07) is 5.96. The average molecular weight is 210 g/mol. The Morgan fingerprint density at radius 3 is 2.77 bits per heavy atom. The second-order valence-electron chi connectivity index (χ2n) is 3.28. The van der Waals surface area contributed by atoms with E-state index in [1.807, 2.05) is 32.2 Å². The van der Waals surface area contributed by atoms with E-state index in [1.54, 1.807) is 4.57 Å². The second-order valence-corrected chi connectivity index (χ2v) is 4.40. The van der Waals surface area contributed by atoms with E-state index < -0.39 is 5.41 Å². The van der Waals surface area contributed by atoms with Crippen molar-refractivity contribution in [3.05, 3.63) is 24.0 Å². The van der Waals surface area contributed by atoms with Crippen molar-refractivity contribution in [3.8, 4) is 6.07 Å². The van der Waals surface area contributed by atoms with Gasteiger partial charge < -0.3 is 4.57 Å². The molecule has 1 heterocycles. The summed E-state index contributed by atoms with van der Waals surface area (Å²) < 4.78 is 2.20. The van der Waals surface area contributed by atoms with Crippen molar-refractivity contribution in [1.29, 1.82) is 5.26 Å². The van der Waals surface area contributed by atoms with Crippen molar-refractivity contribution >= 4 is 29.2 Å². The summed E-state index contributed by atoms with van der Waals surface area (Å²) in [6.45, 7) is 3.70. The molecule has 0 N–H and O–H groups in total. The molecule has 4 heteroatoms. The quantitative estimate of drug-likeness (QED) is 0.569. The molecule has 0 unspecified atom stereocenters. The fraction of sp³-hybridized carbons (Fsp3) is 0.333. The number of nitrogens with zero attached hydrogens (tertiary/aromatic N) is 2. The largest absolute Gasteiger partial charge is 0.305 e. The third-order valence-corrected chi connectivity index (χ3v) is 2.29. The van der Waals surface area contributed by atoms with Crippen LogP contribution >= 0.6 is 24.8 Å². The van der Waals surface area contributed by atoms with Crippen LogP contribution in [-0.2, 0) is 5.41 Å². The summed E-state index contributed by atoms with van der Waals surface area (Å²) in [5, 5.41) is 8.94. The van der Waals surface area contributed by atoms with E-state index in [0.29, 0.717) is 4.32 Å². The van der Waals surface area contributed by atoms with Crippen LogP contribution in [0.2, 0.25) is 0 Å². The Morgan fingerprint density at radius 1 is 1.69 bits per heavy atom. The Morgan fingerprint density at radius 2 is 2.31 bits per heavy atom. The van der Waals surface area contributed by atoms with Crippen LogP contribution < -0.4 is 0 Å². The Kier molecular flexibility index (Phi) is 2.79. The minimum absolute atomic E-state index is 0.461. The van der Waals surface area contributed by atoms with Gasteiger partial charge in [-0.15, -0.1) is 12.6 Å². The number of rotatable bonds is 1. The van der Waals surface area contributed by atoms with Crippen molar-refractivity contribution in [2.45, 2.75) is 19.3 Å². The molecule has 1 aromatic heterocycles. The van der Waals surface area contributed by atoms with Crippen LogP contribution in [-0.4, -0.2) is 8.89 Å². The van der Waals surface area contributed by atoms with Gasteiger partial charge in [0.15, 0.2) is 0 Å². The highest BCUT2D eigenvalue weighted by Crippen LogP contribution is 2.22. The Hall–Kier alpha value is -0.790. The number of thiocarbonyl (C=S) groups is 1. The van der Waals surface area contributed by atoms with Gasteiger partial charge in [0.25, 0.3) is 0 Å². The smallest absolute Gasteiger partial charge is 0.141 e. The second kappa shape index (κ2) is 3.52. The lowest BCUT2D eigenvalue weighted by molar-refractivity contribution is 0.652. The molecule has 0 aliphatic carbocycles. The van der Waals surface area contributed by atoms with Gasteiger partial charge in [-0.05, 0) is 26.0 Å². The van der Waals surface area contributed by atoms with Crippen molar-refractivity contribution < 1.29 is 0 Å². The fourth-order valence-corrected chi connectivity index (χ4v) is 1.45. The van der Waals surface area contributed by atoms with Crippen molar-refractivity contribution in [2.24, 2.45) is 0 Å². The maximum absolute atomic E-state index is 8.94. The van der Waals surface area contributed by atoms with Gasteiger partial charge >= 0.3 is 0 Å². The van der Waals surface area contributed by atoms with Gasteiger partial charge in [0, 0.05) is 11.9 Å². The van der Waals surface area contributed by atoms with Gasteiger partial charge in [-0.2, -0.15) is 5.26 Å². The van der Waals surface area contributed by atoms with Gasteiger partial charge in [0.1, 0.15) is 4.32 Å². The van der Waals surface area contributed by atoms with Crippen LogP contribution in [0.4, 0.5) is 0 Å². The third-order valence-electron chi connectivity index (χ3n) is 1.87. The van der Waals surface area contributed by atoms with Crippen molar-refractivity contribution in [2.75, 3.05) is 0 Å². The summed E-state index contributed by atoms with van der Waals surface area (Å²) in [5.41, 5.74) is 0.339. The normalized spacial score (nSPS) is 10.9. The lowest BCUT2D eigenvalue weighted by Gasteiger charge is -2.17. The number of thiol groups is 1. The van der Waals surface area contributed by atoms with Crippen LogP contribution in [0.3, 0.4) is 0 Å². The first-order valence-corrected chi connectivity index (χ1v) is 4.67. The van der Waals surface area contributed by atoms with E-state index >= 15 is 0 Å². The lowest BCUT2D eigenvalue weighted by Crippen LogP contribution is -2.20. The molecule has 0 radical (unpaired) electrons. The average Bonchev–Trinajstić information content (AvgIpc) is 2.52. The van der Waals surface area contributed by atoms with Crippen LogP contribution in [0.25, 0.3) is 0 Å². The predicted octanol–water partition coefficient (Wildman–Crippen LogP) is 2.35. The molecule has 1 rings (SSSR count). The first-order chi connectivity index (χ1) is 5.99. The zero-order valence-electron chi connectivity index (χ0n) is 7.48. The van der Waals surface area contributed by atoms with Crippen LogP contribution in [0.15, 0.2) is 18.3 Å². The molecule has 0 spiro atoms. The highest BCUT2D eigenvalue weighted by Gasteiger charge is 2.23. The summed E-state index contributed by atoms with van der Waals surface area (Å²) in [5.74, 6) is 0. The molecule has 0 saturated heterocycles. The number of aromatic nitrogens is 1. The highest BCUT2D eigenvalue weighted by molar-refractivity contribution is 8.11. The molecule has 0 fully saturated rings. The van der Waals surface area contributed by atoms with E-state index in [4.69, 9.17) is 17.5 Å². The molecular formula is C9H10N2S2.